The number of hydrogen-bond acceptors (Lipinski definition) is 4. The highest BCUT2D eigenvalue weighted by Crippen LogP contribution is 2.29. The summed E-state index contributed by atoms with van der Waals surface area (Å²) >= 11 is 0. The molecule has 1 unspecified atom stereocenters. The molecule has 2 rings (SSSR count). The first kappa shape index (κ1) is 16.0. The molecule has 2 heterocycles. The summed E-state index contributed by atoms with van der Waals surface area (Å²) in [5.41, 5.74) is 0.528. The molecular formula is C13H20N2O5S. The molecule has 2 N–H and O–H groups in total. The fourth-order valence-electron chi connectivity index (χ4n) is 2.73. The molecule has 1 aromatic heterocycles. The second-order valence-corrected chi connectivity index (χ2v) is 6.96. The Labute approximate surface area is 124 Å². The zero-order chi connectivity index (χ0) is 15.8. The van der Waals surface area contributed by atoms with Crippen LogP contribution in [0.15, 0.2) is 4.90 Å². The highest BCUT2D eigenvalue weighted by atomic mass is 32.2. The van der Waals surface area contributed by atoms with Crippen LogP contribution >= 0.6 is 0 Å². The van der Waals surface area contributed by atoms with Crippen molar-refractivity contribution in [3.63, 3.8) is 0 Å². The Morgan fingerprint density at radius 1 is 1.48 bits per heavy atom. The molecule has 21 heavy (non-hydrogen) atoms. The van der Waals surface area contributed by atoms with E-state index in [2.05, 4.69) is 4.98 Å². The van der Waals surface area contributed by atoms with E-state index in [-0.39, 0.29) is 28.7 Å². The minimum Gasteiger partial charge on any atom is -0.477 e. The fraction of sp³-hybridized carbons (Fsp3) is 0.615. The van der Waals surface area contributed by atoms with Gasteiger partial charge in [0, 0.05) is 23.8 Å². The number of sulfonamides is 1. The van der Waals surface area contributed by atoms with E-state index in [0.29, 0.717) is 25.3 Å². The van der Waals surface area contributed by atoms with Crippen LogP contribution in [0.1, 0.15) is 35.1 Å². The van der Waals surface area contributed by atoms with Gasteiger partial charge in [0.2, 0.25) is 10.0 Å². The van der Waals surface area contributed by atoms with Crippen molar-refractivity contribution in [2.75, 3.05) is 19.8 Å². The molecule has 1 fully saturated rings. The minimum atomic E-state index is -3.74. The van der Waals surface area contributed by atoms with Crippen molar-refractivity contribution in [1.29, 1.82) is 0 Å². The van der Waals surface area contributed by atoms with Crippen LogP contribution in [0.4, 0.5) is 0 Å². The average Bonchev–Trinajstić information content (AvgIpc) is 2.74. The zero-order valence-corrected chi connectivity index (χ0v) is 13.2. The van der Waals surface area contributed by atoms with Gasteiger partial charge in [-0.05, 0) is 20.3 Å². The molecule has 1 aromatic rings. The van der Waals surface area contributed by atoms with Crippen LogP contribution in [0.25, 0.3) is 0 Å². The lowest BCUT2D eigenvalue weighted by Gasteiger charge is -2.34. The van der Waals surface area contributed by atoms with Crippen molar-refractivity contribution >= 4 is 16.0 Å². The predicted octanol–water partition coefficient (Wildman–Crippen LogP) is 1.13. The monoisotopic (exact) mass is 316 g/mol. The predicted molar refractivity (Wildman–Crippen MR) is 76.0 cm³/mol. The Balaban J connectivity index is 2.51. The number of H-pyrrole nitrogens is 1. The van der Waals surface area contributed by atoms with Gasteiger partial charge >= 0.3 is 5.97 Å². The first-order chi connectivity index (χ1) is 9.80. The van der Waals surface area contributed by atoms with E-state index in [4.69, 9.17) is 9.84 Å². The van der Waals surface area contributed by atoms with E-state index < -0.39 is 16.0 Å². The molecule has 0 bridgehead atoms. The molecule has 0 radical (unpaired) electrons. The standard InChI is InChI=1S/C13H20N2O5S/c1-4-10-7-20-6-5-15(10)21(18,19)12-8(2)11(13(16)17)14-9(12)3/h10,14H,4-7H2,1-3H3,(H,16,17). The molecule has 1 aliphatic heterocycles. The number of carboxylic acid groups (broad SMARTS) is 1. The smallest absolute Gasteiger partial charge is 0.352 e. The van der Waals surface area contributed by atoms with E-state index in [0.717, 1.165) is 0 Å². The third-order valence-electron chi connectivity index (χ3n) is 3.79. The number of nitrogens with zero attached hydrogens (tertiary/aromatic N) is 1. The molecule has 1 aliphatic rings. The van der Waals surface area contributed by atoms with Gasteiger partial charge in [0.25, 0.3) is 0 Å². The third kappa shape index (κ3) is 2.70. The molecule has 0 aliphatic carbocycles. The first-order valence-corrected chi connectivity index (χ1v) is 8.26. The van der Waals surface area contributed by atoms with Crippen molar-refractivity contribution in [3.05, 3.63) is 17.0 Å². The number of morpholine rings is 1. The number of aromatic carboxylic acids is 1. The Bertz CT molecular complexity index is 650. The Hall–Kier alpha value is -1.38. The maximum absolute atomic E-state index is 12.9. The molecule has 0 spiro atoms. The molecule has 0 saturated carbocycles. The van der Waals surface area contributed by atoms with Gasteiger partial charge in [-0.3, -0.25) is 0 Å². The molecule has 8 heteroatoms. The van der Waals surface area contributed by atoms with Gasteiger partial charge in [0.15, 0.2) is 0 Å². The van der Waals surface area contributed by atoms with E-state index >= 15 is 0 Å². The maximum Gasteiger partial charge on any atom is 0.352 e. The lowest BCUT2D eigenvalue weighted by molar-refractivity contribution is 0.0314. The number of aryl methyl sites for hydroxylation is 1. The molecule has 0 aromatic carbocycles. The van der Waals surface area contributed by atoms with Crippen molar-refractivity contribution in [2.24, 2.45) is 0 Å². The van der Waals surface area contributed by atoms with Gasteiger partial charge in [-0.1, -0.05) is 6.92 Å². The minimum absolute atomic E-state index is 0.0697. The van der Waals surface area contributed by atoms with Crippen molar-refractivity contribution in [2.45, 2.75) is 38.1 Å². The van der Waals surface area contributed by atoms with E-state index in [1.807, 2.05) is 6.92 Å². The summed E-state index contributed by atoms with van der Waals surface area (Å²) < 4.78 is 32.5. The van der Waals surface area contributed by atoms with E-state index in [1.165, 1.54) is 11.2 Å². The van der Waals surface area contributed by atoms with Crippen molar-refractivity contribution in [1.82, 2.24) is 9.29 Å². The van der Waals surface area contributed by atoms with Gasteiger partial charge in [-0.2, -0.15) is 4.31 Å². The second kappa shape index (κ2) is 5.78. The molecule has 7 nitrogen and oxygen atoms in total. The Morgan fingerprint density at radius 2 is 2.14 bits per heavy atom. The van der Waals surface area contributed by atoms with Crippen molar-refractivity contribution < 1.29 is 23.1 Å². The molecule has 1 saturated heterocycles. The van der Waals surface area contributed by atoms with Gasteiger partial charge in [0.05, 0.1) is 13.2 Å². The maximum atomic E-state index is 12.9. The number of nitrogens with one attached hydrogen (secondary N) is 1. The molecular weight excluding hydrogens is 296 g/mol. The van der Waals surface area contributed by atoms with Gasteiger partial charge in [-0.25, -0.2) is 13.2 Å². The summed E-state index contributed by atoms with van der Waals surface area (Å²) in [6.07, 6.45) is 0.646. The summed E-state index contributed by atoms with van der Waals surface area (Å²) in [6.45, 7) is 6.00. The number of carboxylic acids is 1. The largest absolute Gasteiger partial charge is 0.477 e. The highest BCUT2D eigenvalue weighted by molar-refractivity contribution is 7.89. The number of ether oxygens (including phenoxy) is 1. The topological polar surface area (TPSA) is 99.7 Å². The lowest BCUT2D eigenvalue weighted by Crippen LogP contribution is -2.48. The Kier molecular flexibility index (Phi) is 4.40. The molecule has 0 amide bonds. The van der Waals surface area contributed by atoms with Crippen LogP contribution in [0.3, 0.4) is 0 Å². The van der Waals surface area contributed by atoms with Gasteiger partial charge < -0.3 is 14.8 Å². The van der Waals surface area contributed by atoms with Crippen LogP contribution in [-0.4, -0.2) is 54.6 Å². The highest BCUT2D eigenvalue weighted by Gasteiger charge is 2.36. The third-order valence-corrected chi connectivity index (χ3v) is 6.02. The van der Waals surface area contributed by atoms with Crippen LogP contribution in [-0.2, 0) is 14.8 Å². The van der Waals surface area contributed by atoms with Gasteiger partial charge in [0.1, 0.15) is 10.6 Å². The summed E-state index contributed by atoms with van der Waals surface area (Å²) in [7, 11) is -3.74. The summed E-state index contributed by atoms with van der Waals surface area (Å²) in [6, 6.07) is -0.217. The van der Waals surface area contributed by atoms with E-state index in [1.54, 1.807) is 6.92 Å². The van der Waals surface area contributed by atoms with Gasteiger partial charge in [-0.15, -0.1) is 0 Å². The quantitative estimate of drug-likeness (QED) is 0.867. The summed E-state index contributed by atoms with van der Waals surface area (Å²) in [5.74, 6) is -1.16. The van der Waals surface area contributed by atoms with E-state index in [9.17, 15) is 13.2 Å². The van der Waals surface area contributed by atoms with Crippen LogP contribution in [0.5, 0.6) is 0 Å². The Morgan fingerprint density at radius 3 is 2.67 bits per heavy atom. The number of carbonyl (C=O) groups is 1. The molecule has 118 valence electrons. The number of hydrogen-bond donors (Lipinski definition) is 2. The number of aromatic amines is 1. The normalized spacial score (nSPS) is 20.6. The van der Waals surface area contributed by atoms with Crippen LogP contribution in [0, 0.1) is 13.8 Å². The summed E-state index contributed by atoms with van der Waals surface area (Å²) in [5, 5.41) is 9.12. The fourth-order valence-corrected chi connectivity index (χ4v) is 4.81. The molecule has 1 atom stereocenters. The van der Waals surface area contributed by atoms with Crippen LogP contribution < -0.4 is 0 Å². The van der Waals surface area contributed by atoms with Crippen LogP contribution in [0.2, 0.25) is 0 Å². The average molecular weight is 316 g/mol. The van der Waals surface area contributed by atoms with Crippen molar-refractivity contribution in [3.8, 4) is 0 Å². The number of rotatable bonds is 4. The first-order valence-electron chi connectivity index (χ1n) is 6.82. The zero-order valence-electron chi connectivity index (χ0n) is 12.3. The SMILES string of the molecule is CCC1COCCN1S(=O)(=O)c1c(C)[nH]c(C(=O)O)c1C. The number of aromatic nitrogens is 1. The summed E-state index contributed by atoms with van der Waals surface area (Å²) in [4.78, 5) is 13.9. The second-order valence-electron chi connectivity index (χ2n) is 5.14. The lowest BCUT2D eigenvalue weighted by atomic mass is 10.2.